The molecule has 18 heavy (non-hydrogen) atoms. The minimum absolute atomic E-state index is 0.431. The summed E-state index contributed by atoms with van der Waals surface area (Å²) in [5.74, 6) is 0.751. The van der Waals surface area contributed by atoms with Crippen molar-refractivity contribution in [3.63, 3.8) is 0 Å². The maximum Gasteiger partial charge on any atom is 0.0372 e. The number of hydrogen-bond donors (Lipinski definition) is 1. The molecular formula is C16H26N2. The summed E-state index contributed by atoms with van der Waals surface area (Å²) in [6.45, 7) is 2.22. The van der Waals surface area contributed by atoms with Crippen LogP contribution in [0.1, 0.15) is 42.9 Å². The Hall–Kier alpha value is -0.860. The molecule has 0 saturated heterocycles. The average molecular weight is 246 g/mol. The molecule has 0 heterocycles. The second-order valence-electron chi connectivity index (χ2n) is 5.94. The molecule has 1 atom stereocenters. The topological polar surface area (TPSA) is 29.3 Å². The Balaban J connectivity index is 2.21. The van der Waals surface area contributed by atoms with Crippen molar-refractivity contribution < 1.29 is 0 Å². The summed E-state index contributed by atoms with van der Waals surface area (Å²) >= 11 is 0. The van der Waals surface area contributed by atoms with Crippen LogP contribution in [-0.4, -0.2) is 25.0 Å². The van der Waals surface area contributed by atoms with Gasteiger partial charge in [0.25, 0.3) is 0 Å². The van der Waals surface area contributed by atoms with Gasteiger partial charge in [0, 0.05) is 12.1 Å². The molecule has 1 aromatic carbocycles. The van der Waals surface area contributed by atoms with Gasteiger partial charge in [-0.2, -0.15) is 0 Å². The first-order valence-electron chi connectivity index (χ1n) is 7.07. The van der Waals surface area contributed by atoms with Gasteiger partial charge < -0.3 is 10.6 Å². The van der Waals surface area contributed by atoms with Gasteiger partial charge in [-0.1, -0.05) is 24.3 Å². The van der Waals surface area contributed by atoms with Crippen molar-refractivity contribution in [1.29, 1.82) is 0 Å². The van der Waals surface area contributed by atoms with Crippen LogP contribution in [0.15, 0.2) is 24.3 Å². The van der Waals surface area contributed by atoms with Crippen molar-refractivity contribution >= 4 is 0 Å². The second-order valence-corrected chi connectivity index (χ2v) is 5.94. The largest absolute Gasteiger partial charge is 0.328 e. The molecule has 0 amide bonds. The monoisotopic (exact) mass is 246 g/mol. The summed E-state index contributed by atoms with van der Waals surface area (Å²) in [7, 11) is 4.40. The molecule has 0 radical (unpaired) electrons. The molecule has 1 aromatic rings. The van der Waals surface area contributed by atoms with E-state index in [0.717, 1.165) is 5.92 Å². The molecule has 0 bridgehead atoms. The van der Waals surface area contributed by atoms with Crippen LogP contribution in [0.4, 0.5) is 0 Å². The zero-order chi connectivity index (χ0) is 13.1. The van der Waals surface area contributed by atoms with Gasteiger partial charge in [-0.05, 0) is 63.7 Å². The Bertz CT molecular complexity index is 378. The van der Waals surface area contributed by atoms with E-state index in [0.29, 0.717) is 12.1 Å². The van der Waals surface area contributed by atoms with E-state index >= 15 is 0 Å². The molecule has 1 aliphatic rings. The van der Waals surface area contributed by atoms with E-state index in [4.69, 9.17) is 5.73 Å². The first kappa shape index (κ1) is 13.6. The van der Waals surface area contributed by atoms with Crippen LogP contribution < -0.4 is 5.73 Å². The molecule has 100 valence electrons. The van der Waals surface area contributed by atoms with Gasteiger partial charge in [-0.15, -0.1) is 0 Å². The lowest BCUT2D eigenvalue weighted by molar-refractivity contribution is 0.164. The van der Waals surface area contributed by atoms with Crippen molar-refractivity contribution in [3.05, 3.63) is 35.4 Å². The zero-order valence-corrected chi connectivity index (χ0v) is 11.9. The summed E-state index contributed by atoms with van der Waals surface area (Å²) in [6, 6.07) is 9.77. The Morgan fingerprint density at radius 2 is 1.72 bits per heavy atom. The molecular weight excluding hydrogens is 220 g/mol. The fraction of sp³-hybridized carbons (Fsp3) is 0.625. The number of nitrogens with two attached hydrogens (primary N) is 1. The zero-order valence-electron chi connectivity index (χ0n) is 11.9. The third-order valence-electron chi connectivity index (χ3n) is 4.33. The van der Waals surface area contributed by atoms with Crippen LogP contribution in [-0.2, 0) is 0 Å². The number of hydrogen-bond acceptors (Lipinski definition) is 2. The molecule has 1 unspecified atom stereocenters. The molecule has 2 rings (SSSR count). The highest BCUT2D eigenvalue weighted by molar-refractivity contribution is 5.29. The van der Waals surface area contributed by atoms with Gasteiger partial charge in [0.1, 0.15) is 0 Å². The third-order valence-corrected chi connectivity index (χ3v) is 4.33. The number of benzene rings is 1. The highest BCUT2D eigenvalue weighted by Crippen LogP contribution is 2.37. The number of aryl methyl sites for hydroxylation is 1. The Morgan fingerprint density at radius 3 is 2.28 bits per heavy atom. The quantitative estimate of drug-likeness (QED) is 0.888. The average Bonchev–Trinajstić information content (AvgIpc) is 2.34. The Morgan fingerprint density at radius 1 is 1.11 bits per heavy atom. The van der Waals surface area contributed by atoms with E-state index in [1.54, 1.807) is 0 Å². The van der Waals surface area contributed by atoms with E-state index in [1.165, 1.54) is 36.8 Å². The highest BCUT2D eigenvalue weighted by atomic mass is 15.1. The van der Waals surface area contributed by atoms with Gasteiger partial charge in [0.15, 0.2) is 0 Å². The summed E-state index contributed by atoms with van der Waals surface area (Å²) in [4.78, 5) is 2.38. The van der Waals surface area contributed by atoms with Crippen LogP contribution in [0, 0.1) is 12.8 Å². The van der Waals surface area contributed by atoms with Crippen LogP contribution in [0.5, 0.6) is 0 Å². The molecule has 1 fully saturated rings. The first-order valence-corrected chi connectivity index (χ1v) is 7.07. The Kier molecular flexibility index (Phi) is 4.41. The van der Waals surface area contributed by atoms with E-state index < -0.39 is 0 Å². The standard InChI is InChI=1S/C16H26N2/c1-12-6-4-5-7-15(12)16(18(2)3)13-8-10-14(17)11-9-13/h4-7,13-14,16H,8-11,17H2,1-3H3. The van der Waals surface area contributed by atoms with Gasteiger partial charge in [0.05, 0.1) is 0 Å². The molecule has 2 nitrogen and oxygen atoms in total. The molecule has 1 saturated carbocycles. The summed E-state index contributed by atoms with van der Waals surface area (Å²) in [5, 5.41) is 0. The van der Waals surface area contributed by atoms with Crippen LogP contribution in [0.3, 0.4) is 0 Å². The third kappa shape index (κ3) is 2.93. The first-order chi connectivity index (χ1) is 8.59. The van der Waals surface area contributed by atoms with Crippen LogP contribution in [0.25, 0.3) is 0 Å². The van der Waals surface area contributed by atoms with E-state index in [1.807, 2.05) is 0 Å². The minimum Gasteiger partial charge on any atom is -0.328 e. The van der Waals surface area contributed by atoms with E-state index in [-0.39, 0.29) is 0 Å². The van der Waals surface area contributed by atoms with Crippen molar-refractivity contribution in [2.45, 2.75) is 44.7 Å². The van der Waals surface area contributed by atoms with Crippen LogP contribution in [0.2, 0.25) is 0 Å². The van der Waals surface area contributed by atoms with E-state index in [9.17, 15) is 0 Å². The lowest BCUT2D eigenvalue weighted by Gasteiger charge is -2.37. The summed E-state index contributed by atoms with van der Waals surface area (Å²) in [6.07, 6.45) is 4.89. The minimum atomic E-state index is 0.431. The van der Waals surface area contributed by atoms with Gasteiger partial charge in [0.2, 0.25) is 0 Å². The maximum absolute atomic E-state index is 6.03. The second kappa shape index (κ2) is 5.85. The molecule has 0 aromatic heterocycles. The number of nitrogens with zero attached hydrogens (tertiary/aromatic N) is 1. The van der Waals surface area contributed by atoms with Gasteiger partial charge >= 0.3 is 0 Å². The predicted molar refractivity (Wildman–Crippen MR) is 77.5 cm³/mol. The van der Waals surface area contributed by atoms with Crippen molar-refractivity contribution in [2.24, 2.45) is 11.7 Å². The maximum atomic E-state index is 6.03. The molecule has 1 aliphatic carbocycles. The van der Waals surface area contributed by atoms with Crippen molar-refractivity contribution in [1.82, 2.24) is 4.90 Å². The van der Waals surface area contributed by atoms with Crippen molar-refractivity contribution in [3.8, 4) is 0 Å². The summed E-state index contributed by atoms with van der Waals surface area (Å²) < 4.78 is 0. The van der Waals surface area contributed by atoms with Gasteiger partial charge in [-0.25, -0.2) is 0 Å². The molecule has 2 heteroatoms. The molecule has 0 spiro atoms. The molecule has 0 aliphatic heterocycles. The Labute approximate surface area is 111 Å². The van der Waals surface area contributed by atoms with Crippen LogP contribution >= 0.6 is 0 Å². The lowest BCUT2D eigenvalue weighted by atomic mass is 9.78. The smallest absolute Gasteiger partial charge is 0.0372 e. The lowest BCUT2D eigenvalue weighted by Crippen LogP contribution is -2.34. The van der Waals surface area contributed by atoms with Gasteiger partial charge in [-0.3, -0.25) is 0 Å². The van der Waals surface area contributed by atoms with Crippen molar-refractivity contribution in [2.75, 3.05) is 14.1 Å². The number of rotatable bonds is 3. The SMILES string of the molecule is Cc1ccccc1C(C1CCC(N)CC1)N(C)C. The van der Waals surface area contributed by atoms with E-state index in [2.05, 4.69) is 50.2 Å². The predicted octanol–water partition coefficient (Wildman–Crippen LogP) is 3.12. The summed E-state index contributed by atoms with van der Waals surface area (Å²) in [5.41, 5.74) is 8.93. The fourth-order valence-corrected chi connectivity index (χ4v) is 3.33. The fourth-order valence-electron chi connectivity index (χ4n) is 3.33. The molecule has 2 N–H and O–H groups in total. The highest BCUT2D eigenvalue weighted by Gasteiger charge is 2.29. The normalized spacial score (nSPS) is 26.3.